The minimum atomic E-state index is 0.510. The maximum atomic E-state index is 12.1. The van der Waals surface area contributed by atoms with E-state index >= 15 is 0 Å². The first-order valence-corrected chi connectivity index (χ1v) is 17.6. The zero-order chi connectivity index (χ0) is 27.6. The Morgan fingerprint density at radius 1 is 0.342 bits per heavy atom. The van der Waals surface area contributed by atoms with Gasteiger partial charge in [-0.15, -0.1) is 0 Å². The number of allylic oxidation sites excluding steroid dienone is 4. The number of Topliss-reactive ketones (excluding diaryl/α,β-unsaturated/α-hetero) is 1. The number of hydrogen-bond donors (Lipinski definition) is 0. The van der Waals surface area contributed by atoms with E-state index in [1.807, 2.05) is 0 Å². The molecule has 0 spiro atoms. The fraction of sp³-hybridized carbons (Fsp3) is 0.865. The summed E-state index contributed by atoms with van der Waals surface area (Å²) < 4.78 is 0. The Morgan fingerprint density at radius 2 is 0.579 bits per heavy atom. The second kappa shape index (κ2) is 34.2. The summed E-state index contributed by atoms with van der Waals surface area (Å²) in [5.74, 6) is 0.510. The van der Waals surface area contributed by atoms with Gasteiger partial charge in [-0.2, -0.15) is 0 Å². The van der Waals surface area contributed by atoms with Gasteiger partial charge in [0.1, 0.15) is 5.78 Å². The van der Waals surface area contributed by atoms with Gasteiger partial charge >= 0.3 is 0 Å². The molecule has 1 heteroatoms. The maximum Gasteiger partial charge on any atom is 0.132 e. The quantitative estimate of drug-likeness (QED) is 0.0624. The lowest BCUT2D eigenvalue weighted by Crippen LogP contribution is -1.97. The molecule has 0 rings (SSSR count). The summed E-state index contributed by atoms with van der Waals surface area (Å²) in [7, 11) is 0. The average Bonchev–Trinajstić information content (AvgIpc) is 2.92. The molecule has 0 atom stereocenters. The van der Waals surface area contributed by atoms with Gasteiger partial charge in [0, 0.05) is 12.8 Å². The standard InChI is InChI=1S/C37H70O/c1-3-5-7-9-11-13-15-17-19-21-23-25-27-29-31-33-35-37(38)36-34-32-30-28-26-24-22-20-18-16-14-12-10-8-6-4-2/h17-20H,3-16,21-36H2,1-2H3. The molecule has 0 saturated heterocycles. The van der Waals surface area contributed by atoms with E-state index in [4.69, 9.17) is 0 Å². The van der Waals surface area contributed by atoms with E-state index in [2.05, 4.69) is 38.2 Å². The van der Waals surface area contributed by atoms with Crippen LogP contribution in [0.3, 0.4) is 0 Å². The summed E-state index contributed by atoms with van der Waals surface area (Å²) in [5.41, 5.74) is 0. The van der Waals surface area contributed by atoms with Crippen LogP contribution in [0.1, 0.15) is 206 Å². The van der Waals surface area contributed by atoms with Crippen LogP contribution in [0.15, 0.2) is 24.3 Å². The highest BCUT2D eigenvalue weighted by atomic mass is 16.1. The van der Waals surface area contributed by atoms with Gasteiger partial charge in [-0.25, -0.2) is 0 Å². The molecular formula is C37H70O. The van der Waals surface area contributed by atoms with Crippen LogP contribution in [0.2, 0.25) is 0 Å². The molecule has 0 N–H and O–H groups in total. The van der Waals surface area contributed by atoms with E-state index in [0.29, 0.717) is 5.78 Å². The second-order valence-electron chi connectivity index (χ2n) is 11.9. The van der Waals surface area contributed by atoms with Crippen molar-refractivity contribution in [3.63, 3.8) is 0 Å². The number of carbonyl (C=O) groups excluding carboxylic acids is 1. The summed E-state index contributed by atoms with van der Waals surface area (Å²) in [6.45, 7) is 4.57. The van der Waals surface area contributed by atoms with E-state index in [1.54, 1.807) is 0 Å². The predicted octanol–water partition coefficient (Wildman–Crippen LogP) is 13.4. The molecular weight excluding hydrogens is 460 g/mol. The van der Waals surface area contributed by atoms with Crippen LogP contribution < -0.4 is 0 Å². The monoisotopic (exact) mass is 531 g/mol. The van der Waals surface area contributed by atoms with Crippen LogP contribution >= 0.6 is 0 Å². The Kier molecular flexibility index (Phi) is 33.4. The number of unbranched alkanes of at least 4 members (excludes halogenated alkanes) is 24. The van der Waals surface area contributed by atoms with Gasteiger partial charge < -0.3 is 0 Å². The minimum Gasteiger partial charge on any atom is -0.300 e. The highest BCUT2D eigenvalue weighted by Gasteiger charge is 2.02. The Hall–Kier alpha value is -0.850. The predicted molar refractivity (Wildman–Crippen MR) is 173 cm³/mol. The molecule has 38 heavy (non-hydrogen) atoms. The molecule has 0 aliphatic rings. The smallest absolute Gasteiger partial charge is 0.132 e. The molecule has 0 heterocycles. The third-order valence-corrected chi connectivity index (χ3v) is 7.93. The average molecular weight is 531 g/mol. The first-order valence-electron chi connectivity index (χ1n) is 17.6. The third-order valence-electron chi connectivity index (χ3n) is 7.93. The molecule has 0 unspecified atom stereocenters. The van der Waals surface area contributed by atoms with Gasteiger partial charge in [-0.1, -0.05) is 154 Å². The van der Waals surface area contributed by atoms with Crippen LogP contribution in [0.25, 0.3) is 0 Å². The van der Waals surface area contributed by atoms with Crippen LogP contribution in [0.5, 0.6) is 0 Å². The van der Waals surface area contributed by atoms with Gasteiger partial charge in [-0.3, -0.25) is 4.79 Å². The van der Waals surface area contributed by atoms with Gasteiger partial charge in [0.15, 0.2) is 0 Å². The van der Waals surface area contributed by atoms with E-state index in [-0.39, 0.29) is 0 Å². The van der Waals surface area contributed by atoms with Crippen LogP contribution in [-0.2, 0) is 4.79 Å². The lowest BCUT2D eigenvalue weighted by molar-refractivity contribution is -0.119. The Bertz CT molecular complexity index is 459. The van der Waals surface area contributed by atoms with Gasteiger partial charge in [0.05, 0.1) is 0 Å². The lowest BCUT2D eigenvalue weighted by atomic mass is 10.0. The van der Waals surface area contributed by atoms with Crippen molar-refractivity contribution in [2.75, 3.05) is 0 Å². The third kappa shape index (κ3) is 33.2. The van der Waals surface area contributed by atoms with E-state index < -0.39 is 0 Å². The molecule has 0 radical (unpaired) electrons. The fourth-order valence-electron chi connectivity index (χ4n) is 5.26. The number of rotatable bonds is 32. The topological polar surface area (TPSA) is 17.1 Å². The first kappa shape index (κ1) is 37.1. The van der Waals surface area contributed by atoms with E-state index in [0.717, 1.165) is 25.7 Å². The number of hydrogen-bond acceptors (Lipinski definition) is 1. The van der Waals surface area contributed by atoms with Crippen molar-refractivity contribution in [3.8, 4) is 0 Å². The summed E-state index contributed by atoms with van der Waals surface area (Å²) in [4.78, 5) is 12.1. The van der Waals surface area contributed by atoms with Crippen molar-refractivity contribution < 1.29 is 4.79 Å². The number of carbonyl (C=O) groups is 1. The molecule has 0 bridgehead atoms. The van der Waals surface area contributed by atoms with Crippen molar-refractivity contribution in [1.82, 2.24) is 0 Å². The normalized spacial score (nSPS) is 11.8. The SMILES string of the molecule is CCCCCCCCC=CCCCCCCCCC(=O)CCCCCCCCC=CCCCCCCCC. The van der Waals surface area contributed by atoms with Gasteiger partial charge in [0.25, 0.3) is 0 Å². The van der Waals surface area contributed by atoms with Crippen LogP contribution in [0.4, 0.5) is 0 Å². The fourth-order valence-corrected chi connectivity index (χ4v) is 5.26. The Labute approximate surface area is 241 Å². The molecule has 0 saturated carbocycles. The van der Waals surface area contributed by atoms with Crippen molar-refractivity contribution in [3.05, 3.63) is 24.3 Å². The molecule has 0 aliphatic heterocycles. The summed E-state index contributed by atoms with van der Waals surface area (Å²) in [6.07, 6.45) is 48.5. The molecule has 0 aliphatic carbocycles. The largest absolute Gasteiger partial charge is 0.300 e. The molecule has 0 aromatic heterocycles. The summed E-state index contributed by atoms with van der Waals surface area (Å²) in [6, 6.07) is 0. The minimum absolute atomic E-state index is 0.510. The summed E-state index contributed by atoms with van der Waals surface area (Å²) >= 11 is 0. The van der Waals surface area contributed by atoms with Crippen molar-refractivity contribution in [2.24, 2.45) is 0 Å². The van der Waals surface area contributed by atoms with Crippen molar-refractivity contribution in [1.29, 1.82) is 0 Å². The number of ketones is 1. The molecule has 0 aromatic carbocycles. The molecule has 0 aromatic rings. The maximum absolute atomic E-state index is 12.1. The van der Waals surface area contributed by atoms with Crippen LogP contribution in [0, 0.1) is 0 Å². The molecule has 0 fully saturated rings. The van der Waals surface area contributed by atoms with Crippen molar-refractivity contribution >= 4 is 5.78 Å². The highest BCUT2D eigenvalue weighted by Crippen LogP contribution is 2.14. The lowest BCUT2D eigenvalue weighted by Gasteiger charge is -2.03. The molecule has 224 valence electrons. The van der Waals surface area contributed by atoms with Gasteiger partial charge in [-0.05, 0) is 64.2 Å². The van der Waals surface area contributed by atoms with Crippen molar-refractivity contribution in [2.45, 2.75) is 206 Å². The van der Waals surface area contributed by atoms with E-state index in [9.17, 15) is 4.79 Å². The first-order chi connectivity index (χ1) is 18.8. The molecule has 0 amide bonds. The zero-order valence-corrected chi connectivity index (χ0v) is 26.4. The summed E-state index contributed by atoms with van der Waals surface area (Å²) in [5, 5.41) is 0. The van der Waals surface area contributed by atoms with E-state index in [1.165, 1.54) is 167 Å². The molecule has 1 nitrogen and oxygen atoms in total. The highest BCUT2D eigenvalue weighted by molar-refractivity contribution is 5.78. The Balaban J connectivity index is 3.23. The zero-order valence-electron chi connectivity index (χ0n) is 26.4. The Morgan fingerprint density at radius 3 is 0.868 bits per heavy atom. The second-order valence-corrected chi connectivity index (χ2v) is 11.9. The van der Waals surface area contributed by atoms with Gasteiger partial charge in [0.2, 0.25) is 0 Å². The van der Waals surface area contributed by atoms with Crippen LogP contribution in [-0.4, -0.2) is 5.78 Å².